The second-order valence-electron chi connectivity index (χ2n) is 9.30. The maximum absolute atomic E-state index is 13.7. The lowest BCUT2D eigenvalue weighted by atomic mass is 9.74. The zero-order valence-corrected chi connectivity index (χ0v) is 19.7. The van der Waals surface area contributed by atoms with Gasteiger partial charge in [0.05, 0.1) is 31.2 Å². The van der Waals surface area contributed by atoms with Crippen LogP contribution in [0.1, 0.15) is 70.9 Å². The summed E-state index contributed by atoms with van der Waals surface area (Å²) in [6.45, 7) is 7.54. The van der Waals surface area contributed by atoms with Gasteiger partial charge in [0.15, 0.2) is 23.0 Å². The third-order valence-corrected chi connectivity index (χ3v) is 6.93. The number of benzene rings is 1. The molecule has 1 amide bonds. The molecule has 1 saturated carbocycles. The Morgan fingerprint density at radius 3 is 2.66 bits per heavy atom. The number of hydrogen-bond acceptors (Lipinski definition) is 5. The van der Waals surface area contributed by atoms with Crippen LogP contribution in [0.4, 0.5) is 0 Å². The van der Waals surface area contributed by atoms with Crippen molar-refractivity contribution >= 4 is 11.7 Å². The lowest BCUT2D eigenvalue weighted by Gasteiger charge is -2.37. The average Bonchev–Trinajstić information content (AvgIpc) is 3.07. The second-order valence-corrected chi connectivity index (χ2v) is 9.30. The van der Waals surface area contributed by atoms with Crippen LogP contribution in [0, 0.1) is 11.8 Å². The third-order valence-electron chi connectivity index (χ3n) is 6.93. The Balaban J connectivity index is 1.71. The molecule has 3 aliphatic rings. The van der Waals surface area contributed by atoms with Crippen molar-refractivity contribution in [2.24, 2.45) is 11.8 Å². The molecule has 2 aliphatic heterocycles. The fourth-order valence-corrected chi connectivity index (χ4v) is 5.24. The molecule has 1 aliphatic carbocycles. The number of amides is 1. The molecule has 4 unspecified atom stereocenters. The highest BCUT2D eigenvalue weighted by molar-refractivity contribution is 6.11. The minimum Gasteiger partial charge on any atom is -0.493 e. The van der Waals surface area contributed by atoms with E-state index in [4.69, 9.17) is 14.2 Å². The molecule has 32 heavy (non-hydrogen) atoms. The standard InChI is InChI=1S/C26H35NO5/c1-5-7-13-31-20-11-9-17(15-21(20)30-4)23-22-24(28)18-14-16(3)8-10-19(18)32-25(22)26(29)27(23)12-6-2/h9,11,15-16,18-19,23H,5-8,10,12-14H2,1-4H3. The number of Topliss-reactive ketones (excluding diaryl/α,β-unsaturated/α-hetero) is 1. The Kier molecular flexibility index (Phi) is 6.77. The van der Waals surface area contributed by atoms with Crippen LogP contribution < -0.4 is 9.47 Å². The zero-order valence-electron chi connectivity index (χ0n) is 19.7. The number of carbonyl (C=O) groups excluding carboxylic acids is 2. The summed E-state index contributed by atoms with van der Waals surface area (Å²) in [4.78, 5) is 28.8. The van der Waals surface area contributed by atoms with Crippen LogP contribution in [-0.4, -0.2) is 43.0 Å². The summed E-state index contributed by atoms with van der Waals surface area (Å²) in [6, 6.07) is 5.29. The van der Waals surface area contributed by atoms with Crippen molar-refractivity contribution in [1.82, 2.24) is 4.90 Å². The third kappa shape index (κ3) is 4.00. The highest BCUT2D eigenvalue weighted by Crippen LogP contribution is 2.48. The van der Waals surface area contributed by atoms with Gasteiger partial charge in [0.1, 0.15) is 6.10 Å². The van der Waals surface area contributed by atoms with Gasteiger partial charge in [-0.15, -0.1) is 0 Å². The van der Waals surface area contributed by atoms with Crippen LogP contribution in [0.3, 0.4) is 0 Å². The number of ketones is 1. The Morgan fingerprint density at radius 2 is 1.94 bits per heavy atom. The molecule has 6 nitrogen and oxygen atoms in total. The van der Waals surface area contributed by atoms with E-state index in [1.54, 1.807) is 12.0 Å². The molecule has 4 rings (SSSR count). The first-order chi connectivity index (χ1) is 15.5. The molecule has 1 fully saturated rings. The number of hydrogen-bond donors (Lipinski definition) is 0. The van der Waals surface area contributed by atoms with E-state index in [9.17, 15) is 9.59 Å². The summed E-state index contributed by atoms with van der Waals surface area (Å²) in [5.74, 6) is 1.82. The van der Waals surface area contributed by atoms with E-state index >= 15 is 0 Å². The Hall–Kier alpha value is -2.50. The van der Waals surface area contributed by atoms with Crippen LogP contribution in [0.2, 0.25) is 0 Å². The van der Waals surface area contributed by atoms with Gasteiger partial charge in [-0.05, 0) is 55.7 Å². The average molecular weight is 442 g/mol. The Morgan fingerprint density at radius 1 is 1.12 bits per heavy atom. The van der Waals surface area contributed by atoms with Gasteiger partial charge in [-0.3, -0.25) is 9.59 Å². The lowest BCUT2D eigenvalue weighted by Crippen LogP contribution is -2.41. The van der Waals surface area contributed by atoms with Crippen molar-refractivity contribution in [3.63, 3.8) is 0 Å². The number of carbonyl (C=O) groups is 2. The van der Waals surface area contributed by atoms with Gasteiger partial charge in [-0.2, -0.15) is 0 Å². The predicted octanol–water partition coefficient (Wildman–Crippen LogP) is 4.83. The minimum absolute atomic E-state index is 0.0852. The number of unbranched alkanes of at least 4 members (excludes halogenated alkanes) is 1. The molecule has 0 radical (unpaired) electrons. The molecular formula is C26H35NO5. The summed E-state index contributed by atoms with van der Waals surface area (Å²) in [5.41, 5.74) is 1.39. The van der Waals surface area contributed by atoms with E-state index in [1.165, 1.54) is 0 Å². The van der Waals surface area contributed by atoms with Gasteiger partial charge in [-0.25, -0.2) is 0 Å². The maximum Gasteiger partial charge on any atom is 0.290 e. The van der Waals surface area contributed by atoms with Crippen molar-refractivity contribution in [3.8, 4) is 11.5 Å². The summed E-state index contributed by atoms with van der Waals surface area (Å²) < 4.78 is 17.7. The zero-order chi connectivity index (χ0) is 22.8. The molecule has 0 bridgehead atoms. The van der Waals surface area contributed by atoms with E-state index in [1.807, 2.05) is 25.1 Å². The molecule has 0 spiro atoms. The first-order valence-corrected chi connectivity index (χ1v) is 12.1. The largest absolute Gasteiger partial charge is 0.493 e. The van der Waals surface area contributed by atoms with Gasteiger partial charge in [0.25, 0.3) is 5.91 Å². The van der Waals surface area contributed by atoms with Crippen LogP contribution in [-0.2, 0) is 14.3 Å². The van der Waals surface area contributed by atoms with Crippen molar-refractivity contribution in [2.45, 2.75) is 71.4 Å². The first kappa shape index (κ1) is 22.7. The van der Waals surface area contributed by atoms with E-state index in [-0.39, 0.29) is 29.5 Å². The number of nitrogens with zero attached hydrogens (tertiary/aromatic N) is 1. The van der Waals surface area contributed by atoms with Gasteiger partial charge in [0, 0.05) is 6.54 Å². The quantitative estimate of drug-likeness (QED) is 0.541. The predicted molar refractivity (Wildman–Crippen MR) is 122 cm³/mol. The minimum atomic E-state index is -0.443. The molecule has 6 heteroatoms. The smallest absolute Gasteiger partial charge is 0.290 e. The van der Waals surface area contributed by atoms with Crippen molar-refractivity contribution in [2.75, 3.05) is 20.3 Å². The number of fused-ring (bicyclic) bond motifs is 1. The number of ether oxygens (including phenoxy) is 3. The topological polar surface area (TPSA) is 65.1 Å². The Labute approximate surface area is 190 Å². The van der Waals surface area contributed by atoms with Gasteiger partial charge < -0.3 is 19.1 Å². The van der Waals surface area contributed by atoms with Crippen molar-refractivity contribution in [1.29, 1.82) is 0 Å². The molecule has 4 atom stereocenters. The molecule has 174 valence electrons. The van der Waals surface area contributed by atoms with E-state index in [0.717, 1.165) is 44.1 Å². The molecular weight excluding hydrogens is 406 g/mol. The molecule has 0 saturated heterocycles. The summed E-state index contributed by atoms with van der Waals surface area (Å²) >= 11 is 0. The first-order valence-electron chi connectivity index (χ1n) is 12.1. The highest BCUT2D eigenvalue weighted by atomic mass is 16.5. The fourth-order valence-electron chi connectivity index (χ4n) is 5.24. The highest BCUT2D eigenvalue weighted by Gasteiger charge is 2.52. The summed E-state index contributed by atoms with van der Waals surface area (Å²) in [5, 5.41) is 0. The van der Waals surface area contributed by atoms with Gasteiger partial charge >= 0.3 is 0 Å². The summed E-state index contributed by atoms with van der Waals surface area (Å²) in [6.07, 6.45) is 5.33. The van der Waals surface area contributed by atoms with Crippen LogP contribution in [0.5, 0.6) is 11.5 Å². The maximum atomic E-state index is 13.7. The Bertz CT molecular complexity index is 907. The van der Waals surface area contributed by atoms with Crippen LogP contribution >= 0.6 is 0 Å². The normalized spacial score (nSPS) is 27.2. The second kappa shape index (κ2) is 9.55. The molecule has 2 heterocycles. The molecule has 0 N–H and O–H groups in total. The molecule has 1 aromatic rings. The van der Waals surface area contributed by atoms with Crippen LogP contribution in [0.15, 0.2) is 29.5 Å². The monoisotopic (exact) mass is 441 g/mol. The van der Waals surface area contributed by atoms with E-state index in [0.29, 0.717) is 36.1 Å². The lowest BCUT2D eigenvalue weighted by molar-refractivity contribution is -0.136. The van der Waals surface area contributed by atoms with E-state index < -0.39 is 6.04 Å². The van der Waals surface area contributed by atoms with Gasteiger partial charge in [0.2, 0.25) is 0 Å². The fraction of sp³-hybridized carbons (Fsp3) is 0.615. The van der Waals surface area contributed by atoms with Crippen molar-refractivity contribution < 1.29 is 23.8 Å². The SMILES string of the molecule is CCCCOc1ccc(C2C3=C(OC4CCC(C)CC4C3=O)C(=O)N2CCC)cc1OC. The molecule has 0 aromatic heterocycles. The van der Waals surface area contributed by atoms with E-state index in [2.05, 4.69) is 13.8 Å². The van der Waals surface area contributed by atoms with Crippen molar-refractivity contribution in [3.05, 3.63) is 35.1 Å². The molecule has 1 aromatic carbocycles. The van der Waals surface area contributed by atoms with Crippen LogP contribution in [0.25, 0.3) is 0 Å². The van der Waals surface area contributed by atoms with Gasteiger partial charge in [-0.1, -0.05) is 33.3 Å². The summed E-state index contributed by atoms with van der Waals surface area (Å²) in [7, 11) is 1.61. The number of rotatable bonds is 8. The number of methoxy groups -OCH3 is 1.